The van der Waals surface area contributed by atoms with E-state index >= 15 is 0 Å². The van der Waals surface area contributed by atoms with Crippen LogP contribution in [-0.4, -0.2) is 17.6 Å². The number of nitrogens with zero attached hydrogens (tertiary/aromatic N) is 1. The van der Waals surface area contributed by atoms with Crippen LogP contribution in [-0.2, 0) is 6.61 Å². The Morgan fingerprint density at radius 1 is 1.08 bits per heavy atom. The molecule has 1 heterocycles. The van der Waals surface area contributed by atoms with Crippen molar-refractivity contribution in [3.8, 4) is 17.2 Å². The topological polar surface area (TPSA) is 57.7 Å². The van der Waals surface area contributed by atoms with Gasteiger partial charge in [0.15, 0.2) is 11.5 Å². The third kappa shape index (κ3) is 4.61. The predicted molar refractivity (Wildman–Crippen MR) is 100 cm³/mol. The number of thiazole rings is 1. The van der Waals surface area contributed by atoms with Crippen LogP contribution in [0.15, 0.2) is 53.9 Å². The highest BCUT2D eigenvalue weighted by Gasteiger charge is 2.13. The summed E-state index contributed by atoms with van der Waals surface area (Å²) in [6.45, 7) is 4.68. The molecular formula is C20H19NO4S. The smallest absolute Gasteiger partial charge is 0.343 e. The van der Waals surface area contributed by atoms with E-state index in [1.165, 1.54) is 0 Å². The van der Waals surface area contributed by atoms with Gasteiger partial charge >= 0.3 is 5.97 Å². The summed E-state index contributed by atoms with van der Waals surface area (Å²) in [4.78, 5) is 16.8. The number of para-hydroxylation sites is 2. The maximum Gasteiger partial charge on any atom is 0.343 e. The van der Waals surface area contributed by atoms with Gasteiger partial charge in [-0.2, -0.15) is 0 Å². The molecule has 0 amide bonds. The molecule has 2 aromatic carbocycles. The standard InChI is InChI=1S/C20H19NO4S/c1-3-23-18-9-4-5-10-19(18)25-20(22)15-7-6-8-17(11-15)24-12-16-13-26-14(2)21-16/h4-11,13H,3,12H2,1-2H3. The van der Waals surface area contributed by atoms with Gasteiger partial charge in [0.25, 0.3) is 0 Å². The molecule has 0 aliphatic heterocycles. The Hall–Kier alpha value is -2.86. The molecule has 5 nitrogen and oxygen atoms in total. The number of carbonyl (C=O) groups excluding carboxylic acids is 1. The first-order valence-corrected chi connectivity index (χ1v) is 9.11. The zero-order valence-electron chi connectivity index (χ0n) is 14.6. The zero-order valence-corrected chi connectivity index (χ0v) is 15.4. The summed E-state index contributed by atoms with van der Waals surface area (Å²) in [6.07, 6.45) is 0. The predicted octanol–water partition coefficient (Wildman–Crippen LogP) is 4.65. The van der Waals surface area contributed by atoms with Gasteiger partial charge in [-0.3, -0.25) is 0 Å². The third-order valence-electron chi connectivity index (χ3n) is 3.47. The summed E-state index contributed by atoms with van der Waals surface area (Å²) in [7, 11) is 0. The van der Waals surface area contributed by atoms with Gasteiger partial charge in [0, 0.05) is 5.38 Å². The Bertz CT molecular complexity index is 891. The third-order valence-corrected chi connectivity index (χ3v) is 4.30. The molecule has 0 saturated heterocycles. The maximum atomic E-state index is 12.5. The van der Waals surface area contributed by atoms with Crippen LogP contribution in [0.1, 0.15) is 28.0 Å². The molecule has 6 heteroatoms. The van der Waals surface area contributed by atoms with Crippen LogP contribution in [0.5, 0.6) is 17.2 Å². The normalized spacial score (nSPS) is 10.4. The summed E-state index contributed by atoms with van der Waals surface area (Å²) in [6, 6.07) is 14.0. The van der Waals surface area contributed by atoms with Crippen molar-refractivity contribution in [2.45, 2.75) is 20.5 Å². The number of hydrogen-bond acceptors (Lipinski definition) is 6. The van der Waals surface area contributed by atoms with Gasteiger partial charge in [-0.25, -0.2) is 9.78 Å². The molecule has 0 fully saturated rings. The summed E-state index contributed by atoms with van der Waals surface area (Å²) in [5.74, 6) is 1.05. The van der Waals surface area contributed by atoms with Gasteiger partial charge in [0.2, 0.25) is 0 Å². The molecule has 0 bridgehead atoms. The highest BCUT2D eigenvalue weighted by molar-refractivity contribution is 7.09. The van der Waals surface area contributed by atoms with Gasteiger partial charge in [0.1, 0.15) is 12.4 Å². The van der Waals surface area contributed by atoms with Gasteiger partial charge in [0.05, 0.1) is 22.9 Å². The molecule has 26 heavy (non-hydrogen) atoms. The Morgan fingerprint density at radius 3 is 2.62 bits per heavy atom. The lowest BCUT2D eigenvalue weighted by Gasteiger charge is -2.11. The minimum absolute atomic E-state index is 0.357. The number of aromatic nitrogens is 1. The van der Waals surface area contributed by atoms with Crippen LogP contribution in [0.2, 0.25) is 0 Å². The van der Waals surface area contributed by atoms with E-state index in [9.17, 15) is 4.79 Å². The fourth-order valence-electron chi connectivity index (χ4n) is 2.31. The van der Waals surface area contributed by atoms with Crippen molar-refractivity contribution in [3.63, 3.8) is 0 Å². The van der Waals surface area contributed by atoms with Crippen molar-refractivity contribution >= 4 is 17.3 Å². The summed E-state index contributed by atoms with van der Waals surface area (Å²) in [5, 5.41) is 2.95. The first-order chi connectivity index (χ1) is 12.7. The Balaban J connectivity index is 1.68. The molecule has 1 aromatic heterocycles. The van der Waals surface area contributed by atoms with Crippen LogP contribution in [0.4, 0.5) is 0 Å². The molecule has 0 atom stereocenters. The molecule has 3 rings (SSSR count). The van der Waals surface area contributed by atoms with Crippen LogP contribution in [0.3, 0.4) is 0 Å². The largest absolute Gasteiger partial charge is 0.490 e. The Labute approximate surface area is 156 Å². The maximum absolute atomic E-state index is 12.5. The first kappa shape index (κ1) is 17.9. The second-order valence-electron chi connectivity index (χ2n) is 5.44. The van der Waals surface area contributed by atoms with Crippen molar-refractivity contribution in [2.24, 2.45) is 0 Å². The molecule has 0 spiro atoms. The second kappa shape index (κ2) is 8.49. The second-order valence-corrected chi connectivity index (χ2v) is 6.51. The van der Waals surface area contributed by atoms with E-state index in [4.69, 9.17) is 14.2 Å². The lowest BCUT2D eigenvalue weighted by Crippen LogP contribution is -2.10. The molecule has 0 aliphatic rings. The molecule has 0 unspecified atom stereocenters. The number of aryl methyl sites for hydroxylation is 1. The van der Waals surface area contributed by atoms with Crippen molar-refractivity contribution in [1.82, 2.24) is 4.98 Å². The van der Waals surface area contributed by atoms with Crippen LogP contribution >= 0.6 is 11.3 Å². The van der Waals surface area contributed by atoms with Crippen molar-refractivity contribution in [1.29, 1.82) is 0 Å². The summed E-state index contributed by atoms with van der Waals surface area (Å²) < 4.78 is 16.7. The highest BCUT2D eigenvalue weighted by atomic mass is 32.1. The average molecular weight is 369 g/mol. The minimum Gasteiger partial charge on any atom is -0.490 e. The Kier molecular flexibility index (Phi) is 5.86. The fourth-order valence-corrected chi connectivity index (χ4v) is 2.91. The van der Waals surface area contributed by atoms with Crippen molar-refractivity contribution < 1.29 is 19.0 Å². The molecule has 0 radical (unpaired) electrons. The molecule has 0 aliphatic carbocycles. The molecular weight excluding hydrogens is 350 g/mol. The van der Waals surface area contributed by atoms with E-state index < -0.39 is 5.97 Å². The molecule has 0 saturated carbocycles. The molecule has 134 valence electrons. The van der Waals surface area contributed by atoms with Crippen LogP contribution in [0, 0.1) is 6.92 Å². The van der Waals surface area contributed by atoms with Crippen LogP contribution in [0.25, 0.3) is 0 Å². The first-order valence-electron chi connectivity index (χ1n) is 8.23. The van der Waals surface area contributed by atoms with E-state index in [1.807, 2.05) is 25.3 Å². The zero-order chi connectivity index (χ0) is 18.4. The monoisotopic (exact) mass is 369 g/mol. The fraction of sp³-hybridized carbons (Fsp3) is 0.200. The highest BCUT2D eigenvalue weighted by Crippen LogP contribution is 2.27. The average Bonchev–Trinajstić information content (AvgIpc) is 3.07. The van der Waals surface area contributed by atoms with Gasteiger partial charge in [-0.15, -0.1) is 11.3 Å². The lowest BCUT2D eigenvalue weighted by molar-refractivity contribution is 0.0728. The number of ether oxygens (including phenoxy) is 3. The minimum atomic E-state index is -0.466. The van der Waals surface area contributed by atoms with E-state index in [0.29, 0.717) is 36.0 Å². The van der Waals surface area contributed by atoms with Crippen molar-refractivity contribution in [2.75, 3.05) is 6.61 Å². The van der Waals surface area contributed by atoms with E-state index in [2.05, 4.69) is 4.98 Å². The number of hydrogen-bond donors (Lipinski definition) is 0. The van der Waals surface area contributed by atoms with E-state index in [0.717, 1.165) is 10.7 Å². The number of esters is 1. The van der Waals surface area contributed by atoms with Crippen molar-refractivity contribution in [3.05, 3.63) is 70.2 Å². The SMILES string of the molecule is CCOc1ccccc1OC(=O)c1cccc(OCc2csc(C)n2)c1. The number of rotatable bonds is 7. The lowest BCUT2D eigenvalue weighted by atomic mass is 10.2. The Morgan fingerprint density at radius 2 is 1.88 bits per heavy atom. The summed E-state index contributed by atoms with van der Waals surface area (Å²) >= 11 is 1.58. The number of benzene rings is 2. The number of carbonyl (C=O) groups is 1. The van der Waals surface area contributed by atoms with E-state index in [-0.39, 0.29) is 0 Å². The van der Waals surface area contributed by atoms with E-state index in [1.54, 1.807) is 53.8 Å². The van der Waals surface area contributed by atoms with Crippen LogP contribution < -0.4 is 14.2 Å². The van der Waals surface area contributed by atoms with Gasteiger partial charge in [-0.05, 0) is 44.2 Å². The van der Waals surface area contributed by atoms with Gasteiger partial charge < -0.3 is 14.2 Å². The molecule has 3 aromatic rings. The quantitative estimate of drug-likeness (QED) is 0.448. The van der Waals surface area contributed by atoms with Gasteiger partial charge in [-0.1, -0.05) is 18.2 Å². The summed E-state index contributed by atoms with van der Waals surface area (Å²) in [5.41, 5.74) is 1.27. The molecule has 0 N–H and O–H groups in total.